The first-order chi connectivity index (χ1) is 12.6. The van der Waals surface area contributed by atoms with Gasteiger partial charge in [0.1, 0.15) is 16.8 Å². The number of nitrogens with one attached hydrogen (secondary N) is 1. The average Bonchev–Trinajstić information content (AvgIpc) is 3.17. The van der Waals surface area contributed by atoms with Crippen LogP contribution in [0.15, 0.2) is 24.3 Å². The van der Waals surface area contributed by atoms with Gasteiger partial charge in [0.25, 0.3) is 0 Å². The molecule has 0 saturated carbocycles. The summed E-state index contributed by atoms with van der Waals surface area (Å²) in [4.78, 5) is 15.6. The fourth-order valence-electron chi connectivity index (χ4n) is 3.25. The second kappa shape index (κ2) is 8.35. The summed E-state index contributed by atoms with van der Waals surface area (Å²) in [6.45, 7) is 3.56. The number of likely N-dealkylation sites (N-methyl/N-ethyl adjacent to an activating group) is 1. The summed E-state index contributed by atoms with van der Waals surface area (Å²) in [6, 6.07) is 10.2. The molecule has 0 saturated heterocycles. The molecule has 1 aliphatic carbocycles. The number of hydrogen-bond acceptors (Lipinski definition) is 5. The van der Waals surface area contributed by atoms with Gasteiger partial charge in [-0.3, -0.25) is 9.69 Å². The third-order valence-corrected chi connectivity index (χ3v) is 5.59. The molecule has 0 radical (unpaired) electrons. The Morgan fingerprint density at radius 3 is 2.81 bits per heavy atom. The maximum Gasteiger partial charge on any atom is 0.239 e. The van der Waals surface area contributed by atoms with Crippen molar-refractivity contribution < 1.29 is 9.53 Å². The van der Waals surface area contributed by atoms with Crippen molar-refractivity contribution in [2.45, 2.75) is 32.7 Å². The van der Waals surface area contributed by atoms with E-state index in [1.54, 1.807) is 11.3 Å². The van der Waals surface area contributed by atoms with E-state index in [4.69, 9.17) is 4.74 Å². The van der Waals surface area contributed by atoms with Crippen molar-refractivity contribution in [3.8, 4) is 11.8 Å². The molecule has 0 fully saturated rings. The Balaban J connectivity index is 1.55. The number of nitrogens with zero attached hydrogens (tertiary/aromatic N) is 2. The van der Waals surface area contributed by atoms with Crippen LogP contribution < -0.4 is 10.1 Å². The zero-order valence-corrected chi connectivity index (χ0v) is 16.0. The molecule has 1 aliphatic rings. The number of aryl methyl sites for hydroxylation is 1. The van der Waals surface area contributed by atoms with E-state index >= 15 is 0 Å². The van der Waals surface area contributed by atoms with E-state index in [9.17, 15) is 10.1 Å². The maximum absolute atomic E-state index is 12.4. The van der Waals surface area contributed by atoms with Crippen molar-refractivity contribution in [2.75, 3.05) is 25.5 Å². The normalized spacial score (nSPS) is 12.7. The molecular weight excluding hydrogens is 346 g/mol. The molecule has 1 heterocycles. The van der Waals surface area contributed by atoms with Gasteiger partial charge in [-0.15, -0.1) is 11.3 Å². The van der Waals surface area contributed by atoms with Gasteiger partial charge >= 0.3 is 0 Å². The summed E-state index contributed by atoms with van der Waals surface area (Å²) < 4.78 is 5.44. The Bertz CT molecular complexity index is 821. The lowest BCUT2D eigenvalue weighted by molar-refractivity contribution is -0.117. The van der Waals surface area contributed by atoms with E-state index in [2.05, 4.69) is 11.4 Å². The Morgan fingerprint density at radius 2 is 2.12 bits per heavy atom. The Morgan fingerprint density at radius 1 is 1.35 bits per heavy atom. The fourth-order valence-corrected chi connectivity index (χ4v) is 4.50. The highest BCUT2D eigenvalue weighted by atomic mass is 32.1. The first-order valence-electron chi connectivity index (χ1n) is 8.85. The van der Waals surface area contributed by atoms with Crippen LogP contribution in [0, 0.1) is 11.3 Å². The highest BCUT2D eigenvalue weighted by Gasteiger charge is 2.23. The van der Waals surface area contributed by atoms with Crippen molar-refractivity contribution >= 4 is 22.2 Å². The standard InChI is InChI=1S/C20H23N3O2S/c1-3-25-15-9-7-14(8-10-15)12-23(2)13-19(24)22-20-17(11-21)16-5-4-6-18(16)26-20/h7-10H,3-6,12-13H2,1-2H3,(H,22,24). The maximum atomic E-state index is 12.4. The molecule has 1 N–H and O–H groups in total. The van der Waals surface area contributed by atoms with Crippen LogP contribution >= 0.6 is 11.3 Å². The predicted octanol–water partition coefficient (Wildman–Crippen LogP) is 3.58. The van der Waals surface area contributed by atoms with E-state index < -0.39 is 0 Å². The van der Waals surface area contributed by atoms with Gasteiger partial charge in [0, 0.05) is 11.4 Å². The number of amides is 1. The first-order valence-corrected chi connectivity index (χ1v) is 9.67. The molecule has 2 aromatic rings. The molecule has 5 nitrogen and oxygen atoms in total. The van der Waals surface area contributed by atoms with Crippen LogP contribution in [0.5, 0.6) is 5.75 Å². The van der Waals surface area contributed by atoms with Crippen LogP contribution in [0.2, 0.25) is 0 Å². The average molecular weight is 369 g/mol. The lowest BCUT2D eigenvalue weighted by atomic mass is 10.1. The van der Waals surface area contributed by atoms with Crippen LogP contribution in [0.4, 0.5) is 5.00 Å². The molecule has 0 unspecified atom stereocenters. The van der Waals surface area contributed by atoms with E-state index in [1.165, 1.54) is 4.88 Å². The largest absolute Gasteiger partial charge is 0.494 e. The lowest BCUT2D eigenvalue weighted by Gasteiger charge is -2.16. The molecule has 136 valence electrons. The van der Waals surface area contributed by atoms with Gasteiger partial charge in [-0.2, -0.15) is 5.26 Å². The summed E-state index contributed by atoms with van der Waals surface area (Å²) in [5.41, 5.74) is 2.91. The monoisotopic (exact) mass is 369 g/mol. The number of carbonyl (C=O) groups is 1. The van der Waals surface area contributed by atoms with Crippen LogP contribution in [0.3, 0.4) is 0 Å². The van der Waals surface area contributed by atoms with Crippen LogP contribution in [0.25, 0.3) is 0 Å². The van der Waals surface area contributed by atoms with Gasteiger partial charge in [-0.1, -0.05) is 12.1 Å². The zero-order valence-electron chi connectivity index (χ0n) is 15.2. The van der Waals surface area contributed by atoms with Crippen LogP contribution in [-0.4, -0.2) is 31.0 Å². The highest BCUT2D eigenvalue weighted by molar-refractivity contribution is 7.16. The summed E-state index contributed by atoms with van der Waals surface area (Å²) in [5.74, 6) is 0.765. The first kappa shape index (κ1) is 18.4. The molecule has 0 bridgehead atoms. The second-order valence-corrected chi connectivity index (χ2v) is 7.58. The highest BCUT2D eigenvalue weighted by Crippen LogP contribution is 2.38. The van der Waals surface area contributed by atoms with Gasteiger partial charge in [0.2, 0.25) is 5.91 Å². The summed E-state index contributed by atoms with van der Waals surface area (Å²) in [6.07, 6.45) is 3.07. The second-order valence-electron chi connectivity index (χ2n) is 6.47. The number of ether oxygens (including phenoxy) is 1. The van der Waals surface area contributed by atoms with Gasteiger partial charge in [0.05, 0.1) is 18.7 Å². The number of carbonyl (C=O) groups excluding carboxylic acids is 1. The topological polar surface area (TPSA) is 65.4 Å². The number of fused-ring (bicyclic) bond motifs is 1. The third-order valence-electron chi connectivity index (χ3n) is 4.39. The summed E-state index contributed by atoms with van der Waals surface area (Å²) >= 11 is 1.55. The van der Waals surface area contributed by atoms with E-state index in [0.29, 0.717) is 23.7 Å². The molecule has 1 aromatic heterocycles. The number of anilines is 1. The Hall–Kier alpha value is -2.36. The molecule has 1 aromatic carbocycles. The summed E-state index contributed by atoms with van der Waals surface area (Å²) in [5, 5.41) is 13.0. The number of thiophene rings is 1. The van der Waals surface area contributed by atoms with Crippen LogP contribution in [-0.2, 0) is 24.2 Å². The van der Waals surface area contributed by atoms with E-state index in [-0.39, 0.29) is 12.5 Å². The molecule has 26 heavy (non-hydrogen) atoms. The van der Waals surface area contributed by atoms with Gasteiger partial charge in [0.15, 0.2) is 0 Å². The summed E-state index contributed by atoms with van der Waals surface area (Å²) in [7, 11) is 1.91. The molecule has 1 amide bonds. The minimum absolute atomic E-state index is 0.0881. The Kier molecular flexibility index (Phi) is 5.92. The van der Waals surface area contributed by atoms with Crippen molar-refractivity contribution in [3.63, 3.8) is 0 Å². The minimum atomic E-state index is -0.0881. The third kappa shape index (κ3) is 4.24. The molecule has 0 spiro atoms. The molecule has 3 rings (SSSR count). The van der Waals surface area contributed by atoms with Gasteiger partial charge in [-0.25, -0.2) is 0 Å². The number of nitriles is 1. The number of rotatable bonds is 7. The zero-order chi connectivity index (χ0) is 18.5. The fraction of sp³-hybridized carbons (Fsp3) is 0.400. The molecule has 0 aliphatic heterocycles. The quantitative estimate of drug-likeness (QED) is 0.810. The van der Waals surface area contributed by atoms with Crippen molar-refractivity contribution in [1.29, 1.82) is 5.26 Å². The molecule has 6 heteroatoms. The van der Waals surface area contributed by atoms with Crippen molar-refractivity contribution in [2.24, 2.45) is 0 Å². The minimum Gasteiger partial charge on any atom is -0.494 e. The van der Waals surface area contributed by atoms with Gasteiger partial charge in [-0.05, 0) is 56.5 Å². The SMILES string of the molecule is CCOc1ccc(CN(C)CC(=O)Nc2sc3c(c2C#N)CCC3)cc1. The van der Waals surface area contributed by atoms with Crippen LogP contribution in [0.1, 0.15) is 34.9 Å². The van der Waals surface area contributed by atoms with Gasteiger partial charge < -0.3 is 10.1 Å². The van der Waals surface area contributed by atoms with E-state index in [1.807, 2.05) is 43.1 Å². The van der Waals surface area contributed by atoms with Crippen molar-refractivity contribution in [3.05, 3.63) is 45.8 Å². The lowest BCUT2D eigenvalue weighted by Crippen LogP contribution is -2.29. The predicted molar refractivity (Wildman–Crippen MR) is 104 cm³/mol. The molecule has 0 atom stereocenters. The number of benzene rings is 1. The van der Waals surface area contributed by atoms with Crippen molar-refractivity contribution in [1.82, 2.24) is 4.90 Å². The smallest absolute Gasteiger partial charge is 0.239 e. The Labute approximate surface area is 158 Å². The molecular formula is C20H23N3O2S. The number of hydrogen-bond donors (Lipinski definition) is 1. The van der Waals surface area contributed by atoms with E-state index in [0.717, 1.165) is 36.1 Å².